The van der Waals surface area contributed by atoms with E-state index in [0.29, 0.717) is 11.3 Å². The Kier molecular flexibility index (Phi) is 8.95. The molecule has 1 heterocycles. The van der Waals surface area contributed by atoms with E-state index in [1.165, 1.54) is 69.9 Å². The minimum atomic E-state index is -1.31. The Morgan fingerprint density at radius 2 is 1.48 bits per heavy atom. The lowest BCUT2D eigenvalue weighted by Gasteiger charge is -2.20. The first-order chi connectivity index (χ1) is 13.0. The molecule has 2 atom stereocenters. The number of hydrogen-bond acceptors (Lipinski definition) is 4. The van der Waals surface area contributed by atoms with E-state index < -0.39 is 12.2 Å². The van der Waals surface area contributed by atoms with Crippen molar-refractivity contribution in [1.82, 2.24) is 4.98 Å². The molecule has 0 aromatic carbocycles. The summed E-state index contributed by atoms with van der Waals surface area (Å²) in [6, 6.07) is 1.70. The molecule has 5 N–H and O–H groups in total. The van der Waals surface area contributed by atoms with Gasteiger partial charge < -0.3 is 25.4 Å². The van der Waals surface area contributed by atoms with Gasteiger partial charge in [0.05, 0.1) is 5.69 Å². The number of nitrogens with one attached hydrogen (secondary N) is 1. The fourth-order valence-corrected chi connectivity index (χ4v) is 3.55. The van der Waals surface area contributed by atoms with Gasteiger partial charge in [0.1, 0.15) is 23.7 Å². The molecule has 0 fully saturated rings. The van der Waals surface area contributed by atoms with Gasteiger partial charge in [-0.3, -0.25) is 0 Å². The van der Waals surface area contributed by atoms with E-state index >= 15 is 0 Å². The highest BCUT2D eigenvalue weighted by Crippen LogP contribution is 2.31. The van der Waals surface area contributed by atoms with Crippen molar-refractivity contribution >= 4 is 5.57 Å². The lowest BCUT2D eigenvalue weighted by molar-refractivity contribution is 0.0439. The molecule has 0 saturated carbocycles. The fourth-order valence-electron chi connectivity index (χ4n) is 3.55. The van der Waals surface area contributed by atoms with Gasteiger partial charge in [0.15, 0.2) is 0 Å². The Bertz CT molecular complexity index is 632. The summed E-state index contributed by atoms with van der Waals surface area (Å²) in [6.07, 6.45) is 14.0. The van der Waals surface area contributed by atoms with E-state index in [4.69, 9.17) is 0 Å². The maximum absolute atomic E-state index is 10.2. The van der Waals surface area contributed by atoms with Gasteiger partial charge in [0.25, 0.3) is 0 Å². The van der Waals surface area contributed by atoms with Crippen LogP contribution in [0.5, 0.6) is 5.75 Å². The number of H-pyrrole nitrogens is 1. The highest BCUT2D eigenvalue weighted by atomic mass is 16.4. The summed E-state index contributed by atoms with van der Waals surface area (Å²) in [4.78, 5) is 3.17. The van der Waals surface area contributed by atoms with Crippen LogP contribution in [-0.2, 0) is 6.42 Å². The lowest BCUT2D eigenvalue weighted by atomic mass is 9.98. The molecule has 5 heteroatoms. The zero-order valence-corrected chi connectivity index (χ0v) is 16.5. The Labute approximate surface area is 162 Å². The number of unbranched alkanes of at least 4 members (excludes halogenated alkanes) is 9. The van der Waals surface area contributed by atoms with E-state index in [-0.39, 0.29) is 11.5 Å². The second kappa shape index (κ2) is 11.2. The predicted molar refractivity (Wildman–Crippen MR) is 109 cm³/mol. The number of allylic oxidation sites excluding steroid dienone is 2. The topological polar surface area (TPSA) is 96.7 Å². The van der Waals surface area contributed by atoms with E-state index in [0.717, 1.165) is 18.5 Å². The van der Waals surface area contributed by atoms with Crippen LogP contribution in [0.1, 0.15) is 82.5 Å². The molecule has 0 bridgehead atoms. The first-order valence-corrected chi connectivity index (χ1v) is 10.4. The van der Waals surface area contributed by atoms with Crippen LogP contribution >= 0.6 is 0 Å². The maximum Gasteiger partial charge on any atom is 0.141 e. The molecule has 5 nitrogen and oxygen atoms in total. The van der Waals surface area contributed by atoms with Gasteiger partial charge in [-0.2, -0.15) is 0 Å². The summed E-state index contributed by atoms with van der Waals surface area (Å²) in [7, 11) is 0. The summed E-state index contributed by atoms with van der Waals surface area (Å²) in [5, 5.41) is 39.2. The van der Waals surface area contributed by atoms with Crippen LogP contribution in [0.15, 0.2) is 24.0 Å². The quantitative estimate of drug-likeness (QED) is 0.340. The van der Waals surface area contributed by atoms with Crippen LogP contribution in [0.4, 0.5) is 0 Å². The van der Waals surface area contributed by atoms with E-state index in [1.807, 2.05) is 0 Å². The Morgan fingerprint density at radius 1 is 0.889 bits per heavy atom. The molecule has 0 spiro atoms. The summed E-state index contributed by atoms with van der Waals surface area (Å²) >= 11 is 0. The first-order valence-electron chi connectivity index (χ1n) is 10.4. The smallest absolute Gasteiger partial charge is 0.141 e. The molecule has 2 unspecified atom stereocenters. The van der Waals surface area contributed by atoms with Crippen molar-refractivity contribution in [2.75, 3.05) is 0 Å². The Morgan fingerprint density at radius 3 is 2.07 bits per heavy atom. The van der Waals surface area contributed by atoms with Crippen LogP contribution in [0.3, 0.4) is 0 Å². The van der Waals surface area contributed by atoms with Crippen molar-refractivity contribution in [3.05, 3.63) is 35.4 Å². The number of rotatable bonds is 12. The molecule has 0 radical (unpaired) electrons. The van der Waals surface area contributed by atoms with Crippen LogP contribution in [0.25, 0.3) is 5.57 Å². The molecule has 0 saturated heterocycles. The molecular weight excluding hydrogens is 342 g/mol. The molecule has 152 valence electrons. The highest BCUT2D eigenvalue weighted by molar-refractivity contribution is 5.77. The molecule has 2 rings (SSSR count). The Hall–Kier alpha value is -1.72. The number of aromatic nitrogens is 1. The van der Waals surface area contributed by atoms with Crippen molar-refractivity contribution in [2.45, 2.75) is 89.8 Å². The van der Waals surface area contributed by atoms with Gasteiger partial charge in [-0.15, -0.1) is 0 Å². The maximum atomic E-state index is 10.2. The molecule has 1 aliphatic rings. The second-order valence-corrected chi connectivity index (χ2v) is 7.61. The average Bonchev–Trinajstić information content (AvgIpc) is 3.01. The third-order valence-electron chi connectivity index (χ3n) is 5.22. The standard InChI is InChI=1S/C22H35NO4/c1-2-3-4-5-6-7-8-9-10-11-12-17-15-18(24)21(23-17)16-13-19(25)22(27)20(26)14-16/h13-15,19,22-27H,2-12H2,1H3. The van der Waals surface area contributed by atoms with Gasteiger partial charge in [0, 0.05) is 17.3 Å². The second-order valence-electron chi connectivity index (χ2n) is 7.61. The monoisotopic (exact) mass is 377 g/mol. The van der Waals surface area contributed by atoms with Crippen molar-refractivity contribution < 1.29 is 20.4 Å². The van der Waals surface area contributed by atoms with Crippen LogP contribution in [0.2, 0.25) is 0 Å². The van der Waals surface area contributed by atoms with Gasteiger partial charge in [-0.25, -0.2) is 0 Å². The summed E-state index contributed by atoms with van der Waals surface area (Å²) < 4.78 is 0. The van der Waals surface area contributed by atoms with Crippen molar-refractivity contribution in [3.63, 3.8) is 0 Å². The molecule has 1 aromatic heterocycles. The highest BCUT2D eigenvalue weighted by Gasteiger charge is 2.25. The lowest BCUT2D eigenvalue weighted by Crippen LogP contribution is -2.28. The summed E-state index contributed by atoms with van der Waals surface area (Å²) in [5.41, 5.74) is 1.89. The van der Waals surface area contributed by atoms with Gasteiger partial charge in [0.2, 0.25) is 0 Å². The van der Waals surface area contributed by atoms with Crippen molar-refractivity contribution in [1.29, 1.82) is 0 Å². The number of hydrogen-bond donors (Lipinski definition) is 5. The van der Waals surface area contributed by atoms with Crippen molar-refractivity contribution in [2.24, 2.45) is 0 Å². The number of aromatic amines is 1. The molecular formula is C22H35NO4. The van der Waals surface area contributed by atoms with Gasteiger partial charge in [-0.05, 0) is 25.0 Å². The van der Waals surface area contributed by atoms with E-state index in [9.17, 15) is 20.4 Å². The summed E-state index contributed by atoms with van der Waals surface area (Å²) in [5.74, 6) is -0.207. The zero-order valence-electron chi connectivity index (χ0n) is 16.5. The zero-order chi connectivity index (χ0) is 19.6. The molecule has 1 aliphatic carbocycles. The van der Waals surface area contributed by atoms with E-state index in [1.54, 1.807) is 6.07 Å². The SMILES string of the molecule is CCCCCCCCCCCCc1cc(O)c(C2=CC(O)C(O)C(O)=C2)[nH]1. The molecule has 0 amide bonds. The average molecular weight is 378 g/mol. The summed E-state index contributed by atoms with van der Waals surface area (Å²) in [6.45, 7) is 2.24. The van der Waals surface area contributed by atoms with Gasteiger partial charge in [-0.1, -0.05) is 64.7 Å². The number of aryl methyl sites for hydroxylation is 1. The molecule has 0 aliphatic heterocycles. The van der Waals surface area contributed by atoms with Crippen molar-refractivity contribution in [3.8, 4) is 5.75 Å². The molecule has 1 aromatic rings. The predicted octanol–water partition coefficient (Wildman–Crippen LogP) is 4.74. The van der Waals surface area contributed by atoms with Crippen LogP contribution in [0, 0.1) is 0 Å². The first kappa shape index (κ1) is 21.6. The molecule has 27 heavy (non-hydrogen) atoms. The largest absolute Gasteiger partial charge is 0.509 e. The minimum Gasteiger partial charge on any atom is -0.509 e. The third kappa shape index (κ3) is 6.74. The third-order valence-corrected chi connectivity index (χ3v) is 5.22. The fraction of sp³-hybridized carbons (Fsp3) is 0.636. The van der Waals surface area contributed by atoms with Crippen LogP contribution in [-0.4, -0.2) is 37.6 Å². The minimum absolute atomic E-state index is 0.0935. The van der Waals surface area contributed by atoms with E-state index in [2.05, 4.69) is 11.9 Å². The Balaban J connectivity index is 1.70. The van der Waals surface area contributed by atoms with Gasteiger partial charge >= 0.3 is 0 Å². The number of aliphatic hydroxyl groups is 3. The van der Waals surface area contributed by atoms with Crippen LogP contribution < -0.4 is 0 Å². The number of aliphatic hydroxyl groups excluding tert-OH is 3. The normalized spacial score (nSPS) is 19.8. The number of aromatic hydroxyl groups is 1.